The molecular formula is C15H20N4O3S. The van der Waals surface area contributed by atoms with Crippen molar-refractivity contribution in [3.63, 3.8) is 0 Å². The van der Waals surface area contributed by atoms with Gasteiger partial charge in [0, 0.05) is 24.4 Å². The van der Waals surface area contributed by atoms with E-state index in [0.717, 1.165) is 25.7 Å². The number of nitrogens with one attached hydrogen (secondary N) is 2. The fourth-order valence-electron chi connectivity index (χ4n) is 2.96. The van der Waals surface area contributed by atoms with E-state index in [-0.39, 0.29) is 36.6 Å². The zero-order valence-corrected chi connectivity index (χ0v) is 13.7. The number of nitrogens with zero attached hydrogens (tertiary/aromatic N) is 2. The van der Waals surface area contributed by atoms with Crippen LogP contribution in [0.5, 0.6) is 0 Å². The minimum atomic E-state index is -0.132. The molecule has 1 aromatic rings. The third kappa shape index (κ3) is 4.07. The average molecular weight is 336 g/mol. The zero-order valence-electron chi connectivity index (χ0n) is 12.8. The maximum Gasteiger partial charge on any atom is 0.239 e. The highest BCUT2D eigenvalue weighted by molar-refractivity contribution is 7.13. The van der Waals surface area contributed by atoms with E-state index >= 15 is 0 Å². The number of carbonyl (C=O) groups is 3. The van der Waals surface area contributed by atoms with E-state index in [9.17, 15) is 14.4 Å². The molecule has 0 unspecified atom stereocenters. The van der Waals surface area contributed by atoms with Crippen molar-refractivity contribution in [3.8, 4) is 0 Å². The molecule has 2 N–H and O–H groups in total. The Morgan fingerprint density at radius 1 is 1.39 bits per heavy atom. The van der Waals surface area contributed by atoms with Gasteiger partial charge in [0.2, 0.25) is 17.7 Å². The summed E-state index contributed by atoms with van der Waals surface area (Å²) in [6.45, 7) is 1.12. The molecule has 7 nitrogen and oxygen atoms in total. The molecule has 2 fully saturated rings. The van der Waals surface area contributed by atoms with Crippen molar-refractivity contribution < 1.29 is 14.4 Å². The first-order valence-electron chi connectivity index (χ1n) is 7.91. The van der Waals surface area contributed by atoms with Crippen LogP contribution in [0.25, 0.3) is 0 Å². The van der Waals surface area contributed by atoms with E-state index in [1.54, 1.807) is 5.38 Å². The van der Waals surface area contributed by atoms with Crippen molar-refractivity contribution in [3.05, 3.63) is 11.1 Å². The monoisotopic (exact) mass is 336 g/mol. The van der Waals surface area contributed by atoms with Gasteiger partial charge >= 0.3 is 0 Å². The van der Waals surface area contributed by atoms with E-state index in [2.05, 4.69) is 15.6 Å². The van der Waals surface area contributed by atoms with Crippen molar-refractivity contribution in [2.75, 3.05) is 25.0 Å². The molecule has 124 valence electrons. The summed E-state index contributed by atoms with van der Waals surface area (Å²) in [5.41, 5.74) is 0.632. The van der Waals surface area contributed by atoms with E-state index in [0.29, 0.717) is 23.9 Å². The second kappa shape index (κ2) is 7.08. The number of thiazole rings is 1. The summed E-state index contributed by atoms with van der Waals surface area (Å²) < 4.78 is 0. The predicted molar refractivity (Wildman–Crippen MR) is 86.0 cm³/mol. The van der Waals surface area contributed by atoms with Crippen LogP contribution < -0.4 is 10.6 Å². The summed E-state index contributed by atoms with van der Waals surface area (Å²) in [5.74, 6) is -0.121. The van der Waals surface area contributed by atoms with Gasteiger partial charge < -0.3 is 15.5 Å². The molecule has 2 aliphatic rings. The molecule has 0 atom stereocenters. The topological polar surface area (TPSA) is 91.4 Å². The molecule has 0 aromatic carbocycles. The van der Waals surface area contributed by atoms with Crippen LogP contribution in [0.4, 0.5) is 5.13 Å². The van der Waals surface area contributed by atoms with Gasteiger partial charge in [-0.05, 0) is 12.8 Å². The molecule has 23 heavy (non-hydrogen) atoms. The van der Waals surface area contributed by atoms with E-state index in [1.165, 1.54) is 16.2 Å². The first kappa shape index (κ1) is 15.9. The van der Waals surface area contributed by atoms with Gasteiger partial charge in [0.05, 0.1) is 18.7 Å². The van der Waals surface area contributed by atoms with E-state index in [1.807, 2.05) is 0 Å². The van der Waals surface area contributed by atoms with Crippen molar-refractivity contribution in [1.29, 1.82) is 0 Å². The van der Waals surface area contributed by atoms with E-state index < -0.39 is 0 Å². The highest BCUT2D eigenvalue weighted by atomic mass is 32.1. The Hall–Kier alpha value is -1.96. The Kier molecular flexibility index (Phi) is 4.90. The second-order valence-corrected chi connectivity index (χ2v) is 6.81. The maximum absolute atomic E-state index is 12.2. The summed E-state index contributed by atoms with van der Waals surface area (Å²) in [6.07, 6.45) is 4.26. The standard InChI is InChI=1S/C15H20N4O3S/c20-12-8-19(6-5-16-12)13(21)7-11-9-23-15(17-11)18-14(22)10-3-1-2-4-10/h9-10H,1-8H2,(H,16,20)(H,17,18,22). The molecule has 3 amide bonds. The lowest BCUT2D eigenvalue weighted by Crippen LogP contribution is -2.50. The van der Waals surface area contributed by atoms with Gasteiger partial charge in [-0.15, -0.1) is 11.3 Å². The second-order valence-electron chi connectivity index (χ2n) is 5.96. The number of hydrogen-bond donors (Lipinski definition) is 2. The molecule has 0 spiro atoms. The molecule has 0 radical (unpaired) electrons. The quantitative estimate of drug-likeness (QED) is 0.850. The summed E-state index contributed by atoms with van der Waals surface area (Å²) in [4.78, 5) is 41.4. The van der Waals surface area contributed by atoms with Gasteiger partial charge in [0.1, 0.15) is 0 Å². The number of aromatic nitrogens is 1. The number of piperazine rings is 1. The number of amides is 3. The fourth-order valence-corrected chi connectivity index (χ4v) is 3.67. The van der Waals surface area contributed by atoms with Gasteiger partial charge in [-0.2, -0.15) is 0 Å². The van der Waals surface area contributed by atoms with Crippen LogP contribution in [0.15, 0.2) is 5.38 Å². The van der Waals surface area contributed by atoms with Crippen molar-refractivity contribution in [1.82, 2.24) is 15.2 Å². The summed E-state index contributed by atoms with van der Waals surface area (Å²) in [6, 6.07) is 0. The largest absolute Gasteiger partial charge is 0.353 e. The lowest BCUT2D eigenvalue weighted by Gasteiger charge is -2.26. The molecule has 2 heterocycles. The molecule has 3 rings (SSSR count). The Morgan fingerprint density at radius 3 is 2.91 bits per heavy atom. The van der Waals surface area contributed by atoms with Crippen LogP contribution in [0.3, 0.4) is 0 Å². The summed E-state index contributed by atoms with van der Waals surface area (Å²) >= 11 is 1.33. The smallest absolute Gasteiger partial charge is 0.239 e. The van der Waals surface area contributed by atoms with Gasteiger partial charge in [-0.25, -0.2) is 4.98 Å². The van der Waals surface area contributed by atoms with E-state index in [4.69, 9.17) is 0 Å². The maximum atomic E-state index is 12.2. The molecule has 1 saturated heterocycles. The van der Waals surface area contributed by atoms with Gasteiger partial charge in [-0.3, -0.25) is 14.4 Å². The summed E-state index contributed by atoms with van der Waals surface area (Å²) in [7, 11) is 0. The minimum Gasteiger partial charge on any atom is -0.353 e. The van der Waals surface area contributed by atoms with Crippen LogP contribution in [0, 0.1) is 5.92 Å². The Morgan fingerprint density at radius 2 is 2.17 bits per heavy atom. The molecule has 1 saturated carbocycles. The average Bonchev–Trinajstić information content (AvgIpc) is 3.19. The minimum absolute atomic E-state index is 0.0300. The molecule has 1 aliphatic heterocycles. The Bertz CT molecular complexity index is 610. The highest BCUT2D eigenvalue weighted by Gasteiger charge is 2.24. The molecular weight excluding hydrogens is 316 g/mol. The number of carbonyl (C=O) groups excluding carboxylic acids is 3. The lowest BCUT2D eigenvalue weighted by molar-refractivity contribution is -0.137. The van der Waals surface area contributed by atoms with Gasteiger partial charge in [0.25, 0.3) is 0 Å². The lowest BCUT2D eigenvalue weighted by atomic mass is 10.1. The van der Waals surface area contributed by atoms with Crippen molar-refractivity contribution in [2.45, 2.75) is 32.1 Å². The number of anilines is 1. The normalized spacial score (nSPS) is 18.8. The van der Waals surface area contributed by atoms with Crippen molar-refractivity contribution >= 4 is 34.2 Å². The van der Waals surface area contributed by atoms with Crippen LogP contribution in [-0.4, -0.2) is 47.2 Å². The van der Waals surface area contributed by atoms with Crippen molar-refractivity contribution in [2.24, 2.45) is 5.92 Å². The third-order valence-corrected chi connectivity index (χ3v) is 5.04. The highest BCUT2D eigenvalue weighted by Crippen LogP contribution is 2.26. The van der Waals surface area contributed by atoms with Crippen LogP contribution >= 0.6 is 11.3 Å². The fraction of sp³-hybridized carbons (Fsp3) is 0.600. The molecule has 8 heteroatoms. The number of rotatable bonds is 4. The SMILES string of the molecule is O=C1CN(C(=O)Cc2csc(NC(=O)C3CCCC3)n2)CCN1. The predicted octanol–water partition coefficient (Wildman–Crippen LogP) is 0.773. The Balaban J connectivity index is 1.53. The number of hydrogen-bond acceptors (Lipinski definition) is 5. The Labute approximate surface area is 138 Å². The van der Waals surface area contributed by atoms with Gasteiger partial charge in [0.15, 0.2) is 5.13 Å². The van der Waals surface area contributed by atoms with Gasteiger partial charge in [-0.1, -0.05) is 12.8 Å². The molecule has 1 aromatic heterocycles. The summed E-state index contributed by atoms with van der Waals surface area (Å²) in [5, 5.41) is 7.86. The van der Waals surface area contributed by atoms with Crippen LogP contribution in [0.1, 0.15) is 31.4 Å². The zero-order chi connectivity index (χ0) is 16.2. The van der Waals surface area contributed by atoms with Crippen LogP contribution in [0.2, 0.25) is 0 Å². The van der Waals surface area contributed by atoms with Crippen LogP contribution in [-0.2, 0) is 20.8 Å². The molecule has 0 bridgehead atoms. The first-order valence-corrected chi connectivity index (χ1v) is 8.79. The molecule has 1 aliphatic carbocycles. The first-order chi connectivity index (χ1) is 11.1. The third-order valence-electron chi connectivity index (χ3n) is 4.23.